The number of rotatable bonds is 10. The van der Waals surface area contributed by atoms with E-state index in [2.05, 4.69) is 20.0 Å². The number of nitrogen functional groups attached to an aromatic ring is 1. The van der Waals surface area contributed by atoms with Crippen molar-refractivity contribution in [3.05, 3.63) is 47.0 Å². The summed E-state index contributed by atoms with van der Waals surface area (Å²) in [7, 11) is -4.33. The maximum absolute atomic E-state index is 15.6. The zero-order valence-corrected chi connectivity index (χ0v) is 24.0. The number of aromatic nitrogens is 4. The third-order valence-electron chi connectivity index (χ3n) is 7.31. The van der Waals surface area contributed by atoms with Gasteiger partial charge in [0.25, 0.3) is 5.56 Å². The predicted molar refractivity (Wildman–Crippen MR) is 148 cm³/mol. The summed E-state index contributed by atoms with van der Waals surface area (Å²) in [5.41, 5.74) is 2.78. The smallest absolute Gasteiger partial charge is 0.459 e. The van der Waals surface area contributed by atoms with Crippen molar-refractivity contribution in [2.45, 2.75) is 82.2 Å². The van der Waals surface area contributed by atoms with Crippen molar-refractivity contribution < 1.29 is 37.4 Å². The molecule has 3 heterocycles. The first-order valence-corrected chi connectivity index (χ1v) is 15.2. The Bertz CT molecular complexity index is 1510. The molecule has 0 amide bonds. The largest absolute Gasteiger partial charge is 0.461 e. The van der Waals surface area contributed by atoms with E-state index >= 15 is 4.39 Å². The highest BCUT2D eigenvalue weighted by atomic mass is 31.2. The van der Waals surface area contributed by atoms with Gasteiger partial charge >= 0.3 is 13.7 Å². The van der Waals surface area contributed by atoms with E-state index in [1.54, 1.807) is 18.2 Å². The van der Waals surface area contributed by atoms with E-state index in [-0.39, 0.29) is 29.0 Å². The van der Waals surface area contributed by atoms with Crippen molar-refractivity contribution in [1.29, 1.82) is 0 Å². The second kappa shape index (κ2) is 12.1. The first kappa shape index (κ1) is 30.1. The molecule has 2 aliphatic rings. The van der Waals surface area contributed by atoms with Gasteiger partial charge in [-0.1, -0.05) is 24.6 Å². The number of nitrogens with zero attached hydrogens (tertiary/aromatic N) is 3. The number of aliphatic hydroxyl groups is 1. The van der Waals surface area contributed by atoms with Crippen molar-refractivity contribution in [3.63, 3.8) is 0 Å². The number of ether oxygens (including phenoxy) is 2. The number of fused-ring (bicyclic) bond motifs is 1. The van der Waals surface area contributed by atoms with Gasteiger partial charge in [-0.25, -0.2) is 13.9 Å². The molecule has 2 aromatic heterocycles. The Balaban J connectivity index is 1.32. The molecule has 1 aliphatic heterocycles. The maximum atomic E-state index is 15.6. The number of anilines is 1. The van der Waals surface area contributed by atoms with Gasteiger partial charge in [0, 0.05) is 0 Å². The summed E-state index contributed by atoms with van der Waals surface area (Å²) < 4.78 is 53.3. The molecule has 6 atom stereocenters. The molecule has 2 fully saturated rings. The number of nitrogens with two attached hydrogens (primary N) is 1. The number of aromatic amines is 1. The lowest BCUT2D eigenvalue weighted by atomic mass is 9.98. The van der Waals surface area contributed by atoms with Crippen LogP contribution in [0, 0.1) is 0 Å². The van der Waals surface area contributed by atoms with Crippen molar-refractivity contribution in [3.8, 4) is 5.75 Å². The van der Waals surface area contributed by atoms with Crippen molar-refractivity contribution in [2.75, 3.05) is 12.3 Å². The summed E-state index contributed by atoms with van der Waals surface area (Å²) >= 11 is 0. The molecule has 5 N–H and O–H groups in total. The average molecular weight is 609 g/mol. The number of esters is 1. The van der Waals surface area contributed by atoms with Crippen LogP contribution < -0.4 is 20.9 Å². The fraction of sp³-hybridized carbons (Fsp3) is 0.538. The van der Waals surface area contributed by atoms with Gasteiger partial charge < -0.3 is 24.8 Å². The lowest BCUT2D eigenvalue weighted by Gasteiger charge is -2.27. The van der Waals surface area contributed by atoms with Crippen LogP contribution in [0.2, 0.25) is 0 Å². The summed E-state index contributed by atoms with van der Waals surface area (Å²) in [6, 6.07) is 7.03. The zero-order chi connectivity index (χ0) is 30.1. The Kier molecular flexibility index (Phi) is 8.67. The molecule has 0 spiro atoms. The highest BCUT2D eigenvalue weighted by Gasteiger charge is 2.55. The summed E-state index contributed by atoms with van der Waals surface area (Å²) in [6.45, 7) is 2.02. The number of nitrogens with one attached hydrogen (secondary N) is 2. The zero-order valence-electron chi connectivity index (χ0n) is 23.1. The minimum absolute atomic E-state index is 0.0275. The van der Waals surface area contributed by atoms with Gasteiger partial charge in [-0.2, -0.15) is 10.1 Å². The first-order chi connectivity index (χ1) is 20.0. The number of benzene rings is 1. The van der Waals surface area contributed by atoms with Crippen LogP contribution in [0.3, 0.4) is 0 Å². The fourth-order valence-corrected chi connectivity index (χ4v) is 6.59. The van der Waals surface area contributed by atoms with Gasteiger partial charge in [-0.05, 0) is 51.7 Å². The summed E-state index contributed by atoms with van der Waals surface area (Å²) in [5, 5.41) is 13.7. The third kappa shape index (κ3) is 6.35. The number of halogens is 1. The molecule has 3 unspecified atom stereocenters. The monoisotopic (exact) mass is 608 g/mol. The van der Waals surface area contributed by atoms with Gasteiger partial charge in [0.2, 0.25) is 5.95 Å². The van der Waals surface area contributed by atoms with Crippen LogP contribution in [0.25, 0.3) is 11.2 Å². The quantitative estimate of drug-likeness (QED) is 0.195. The molecular weight excluding hydrogens is 574 g/mol. The maximum Gasteiger partial charge on any atom is 0.459 e. The van der Waals surface area contributed by atoms with Crippen LogP contribution >= 0.6 is 7.75 Å². The fourth-order valence-electron chi connectivity index (χ4n) is 5.09. The Labute approximate surface area is 240 Å². The van der Waals surface area contributed by atoms with E-state index in [1.165, 1.54) is 36.9 Å². The van der Waals surface area contributed by atoms with Gasteiger partial charge in [0.15, 0.2) is 23.6 Å². The normalized spacial score (nSPS) is 27.0. The van der Waals surface area contributed by atoms with Crippen LogP contribution in [-0.2, 0) is 23.4 Å². The molecule has 1 saturated carbocycles. The molecule has 3 aromatic rings. The van der Waals surface area contributed by atoms with E-state index in [4.69, 9.17) is 24.3 Å². The third-order valence-corrected chi connectivity index (χ3v) is 8.95. The summed E-state index contributed by atoms with van der Waals surface area (Å²) in [4.78, 5) is 35.3. The minimum atomic E-state index is -4.33. The van der Waals surface area contributed by atoms with E-state index in [1.807, 2.05) is 0 Å². The van der Waals surface area contributed by atoms with Gasteiger partial charge in [-0.15, -0.1) is 0 Å². The molecule has 1 saturated heterocycles. The van der Waals surface area contributed by atoms with Crippen molar-refractivity contribution in [1.82, 2.24) is 24.6 Å². The average Bonchev–Trinajstić information content (AvgIpc) is 3.46. The number of imidazole rings is 1. The van der Waals surface area contributed by atoms with Crippen LogP contribution in [0.15, 0.2) is 41.5 Å². The SMILES string of the molecule is CC(NP(=O)(OC[C@H]1O[C@@H](n2cnc3c(=O)[nH]c(N)nc32)[C@](C)(O)C1F)Oc1ccccc1)C(=O)OC1CCCCC1. The minimum Gasteiger partial charge on any atom is -0.461 e. The van der Waals surface area contributed by atoms with Crippen LogP contribution in [0.4, 0.5) is 10.3 Å². The Morgan fingerprint density at radius 1 is 1.33 bits per heavy atom. The molecular formula is C26H34FN6O8P. The van der Waals surface area contributed by atoms with E-state index in [9.17, 15) is 19.3 Å². The standard InChI is InChI=1S/C26H34FN6O8P/c1-15(23(35)39-16-9-5-3-6-10-16)32-42(37,41-17-11-7-4-8-12-17)38-13-18-20(27)26(2,36)24(40-18)33-14-29-19-21(33)30-25(28)31-22(19)34/h4,7-8,11-12,14-16,18,20,24,36H,3,5-6,9-10,13H2,1-2H3,(H,32,37)(H3,28,30,31,34)/t15?,18-,20?,24-,26-,42?/m1/s1. The van der Waals surface area contributed by atoms with Crippen LogP contribution in [0.1, 0.15) is 52.2 Å². The first-order valence-electron chi connectivity index (χ1n) is 13.7. The molecule has 1 aromatic carbocycles. The van der Waals surface area contributed by atoms with Gasteiger partial charge in [0.05, 0.1) is 12.9 Å². The Morgan fingerprint density at radius 2 is 2.05 bits per heavy atom. The van der Waals surface area contributed by atoms with Gasteiger partial charge in [0.1, 0.15) is 29.6 Å². The van der Waals surface area contributed by atoms with Gasteiger partial charge in [-0.3, -0.25) is 23.7 Å². The molecule has 1 aliphatic carbocycles. The second-order valence-electron chi connectivity index (χ2n) is 10.7. The molecule has 0 bridgehead atoms. The Morgan fingerprint density at radius 3 is 2.76 bits per heavy atom. The number of alkyl halides is 1. The predicted octanol–water partition coefficient (Wildman–Crippen LogP) is 2.75. The highest BCUT2D eigenvalue weighted by molar-refractivity contribution is 7.52. The van der Waals surface area contributed by atoms with Crippen LogP contribution in [-0.4, -0.2) is 67.2 Å². The molecule has 16 heteroatoms. The lowest BCUT2D eigenvalue weighted by molar-refractivity contribution is -0.152. The Hall–Kier alpha value is -3.36. The van der Waals surface area contributed by atoms with Crippen LogP contribution in [0.5, 0.6) is 5.75 Å². The van der Waals surface area contributed by atoms with E-state index in [0.29, 0.717) is 0 Å². The molecule has 5 rings (SSSR count). The molecule has 42 heavy (non-hydrogen) atoms. The number of hydrogen-bond acceptors (Lipinski definition) is 11. The molecule has 0 radical (unpaired) electrons. The van der Waals surface area contributed by atoms with E-state index < -0.39 is 56.0 Å². The number of H-pyrrole nitrogens is 1. The van der Waals surface area contributed by atoms with Crippen molar-refractivity contribution in [2.24, 2.45) is 0 Å². The molecule has 14 nitrogen and oxygen atoms in total. The number of hydrogen-bond donors (Lipinski definition) is 4. The molecule has 228 valence electrons. The van der Waals surface area contributed by atoms with E-state index in [0.717, 1.165) is 32.1 Å². The number of carbonyl (C=O) groups excluding carboxylic acids is 1. The van der Waals surface area contributed by atoms with Crippen molar-refractivity contribution >= 4 is 30.8 Å². The summed E-state index contributed by atoms with van der Waals surface area (Å²) in [5.74, 6) is -0.654. The summed E-state index contributed by atoms with van der Waals surface area (Å²) in [6.07, 6.45) is 0.596. The number of carbonyl (C=O) groups is 1. The highest BCUT2D eigenvalue weighted by Crippen LogP contribution is 2.47. The second-order valence-corrected chi connectivity index (χ2v) is 12.4. The lowest BCUT2D eigenvalue weighted by Crippen LogP contribution is -2.42. The number of para-hydroxylation sites is 1. The topological polar surface area (TPSA) is 193 Å².